The van der Waals surface area contributed by atoms with Crippen LogP contribution < -0.4 is 0 Å². The van der Waals surface area contributed by atoms with Crippen LogP contribution in [0.15, 0.2) is 22.9 Å². The normalized spacial score (nSPS) is 11.0. The van der Waals surface area contributed by atoms with Gasteiger partial charge in [0.05, 0.1) is 17.1 Å². The fourth-order valence-corrected chi connectivity index (χ4v) is 3.36. The molecule has 108 valence electrons. The minimum Gasteiger partial charge on any atom is -0.348 e. The number of hydrogen-bond acceptors (Lipinski definition) is 5. The van der Waals surface area contributed by atoms with E-state index in [1.165, 1.54) is 4.88 Å². The second-order valence-electron chi connectivity index (χ2n) is 4.71. The number of aromatic nitrogens is 1. The Bertz CT molecular complexity index is 549. The highest BCUT2D eigenvalue weighted by molar-refractivity contribution is 7.20. The molecular weight excluding hydrogens is 290 g/mol. The van der Waals surface area contributed by atoms with E-state index in [9.17, 15) is 4.79 Å². The number of amides is 1. The first-order valence-electron chi connectivity index (χ1n) is 6.51. The lowest BCUT2D eigenvalue weighted by atomic mass is 10.3. The van der Waals surface area contributed by atoms with Crippen molar-refractivity contribution in [2.75, 3.05) is 27.2 Å². The summed E-state index contributed by atoms with van der Waals surface area (Å²) in [5.41, 5.74) is 1.03. The van der Waals surface area contributed by atoms with Crippen molar-refractivity contribution in [1.29, 1.82) is 0 Å². The standard InChI is InChI=1S/C14H19N3OS2/c1-4-17(9-13(18)16(2)3)8-11-10-20-14(15-11)12-6-5-7-19-12/h5-7,10H,4,8-9H2,1-3H3. The van der Waals surface area contributed by atoms with Crippen LogP contribution in [-0.4, -0.2) is 47.9 Å². The predicted molar refractivity (Wildman–Crippen MR) is 85.1 cm³/mol. The average molecular weight is 309 g/mol. The maximum Gasteiger partial charge on any atom is 0.236 e. The van der Waals surface area contributed by atoms with E-state index in [1.54, 1.807) is 41.7 Å². The summed E-state index contributed by atoms with van der Waals surface area (Å²) < 4.78 is 0. The highest BCUT2D eigenvalue weighted by Gasteiger charge is 2.13. The quantitative estimate of drug-likeness (QED) is 0.823. The second kappa shape index (κ2) is 6.97. The van der Waals surface area contributed by atoms with Gasteiger partial charge >= 0.3 is 0 Å². The largest absolute Gasteiger partial charge is 0.348 e. The third-order valence-corrected chi connectivity index (χ3v) is 4.90. The van der Waals surface area contributed by atoms with Gasteiger partial charge < -0.3 is 4.90 Å². The Morgan fingerprint density at radius 1 is 1.35 bits per heavy atom. The monoisotopic (exact) mass is 309 g/mol. The van der Waals surface area contributed by atoms with E-state index in [2.05, 4.69) is 33.6 Å². The number of thiophene rings is 1. The van der Waals surface area contributed by atoms with Crippen LogP contribution in [0.5, 0.6) is 0 Å². The minimum atomic E-state index is 0.126. The first-order valence-corrected chi connectivity index (χ1v) is 8.27. The summed E-state index contributed by atoms with van der Waals surface area (Å²) in [4.78, 5) is 21.4. The van der Waals surface area contributed by atoms with Gasteiger partial charge in [0.2, 0.25) is 5.91 Å². The maximum atomic E-state index is 11.8. The topological polar surface area (TPSA) is 36.4 Å². The number of carbonyl (C=O) groups is 1. The van der Waals surface area contributed by atoms with Crippen LogP contribution in [0.4, 0.5) is 0 Å². The van der Waals surface area contributed by atoms with E-state index >= 15 is 0 Å². The molecule has 0 fully saturated rings. The van der Waals surface area contributed by atoms with Crippen LogP contribution in [0.2, 0.25) is 0 Å². The highest BCUT2D eigenvalue weighted by Crippen LogP contribution is 2.28. The zero-order chi connectivity index (χ0) is 14.5. The van der Waals surface area contributed by atoms with Gasteiger partial charge in [0.25, 0.3) is 0 Å². The van der Waals surface area contributed by atoms with Gasteiger partial charge in [0.1, 0.15) is 5.01 Å². The van der Waals surface area contributed by atoms with Crippen molar-refractivity contribution in [3.8, 4) is 9.88 Å². The Balaban J connectivity index is 1.99. The molecule has 2 aromatic heterocycles. The molecule has 0 aromatic carbocycles. The highest BCUT2D eigenvalue weighted by atomic mass is 32.1. The van der Waals surface area contributed by atoms with Crippen molar-refractivity contribution in [2.45, 2.75) is 13.5 Å². The van der Waals surface area contributed by atoms with Gasteiger partial charge in [0.15, 0.2) is 0 Å². The van der Waals surface area contributed by atoms with Crippen molar-refractivity contribution in [1.82, 2.24) is 14.8 Å². The summed E-state index contributed by atoms with van der Waals surface area (Å²) >= 11 is 3.36. The molecule has 0 aliphatic heterocycles. The van der Waals surface area contributed by atoms with Crippen LogP contribution in [0.25, 0.3) is 9.88 Å². The first-order chi connectivity index (χ1) is 9.60. The molecule has 0 atom stereocenters. The van der Waals surface area contributed by atoms with Crippen molar-refractivity contribution in [3.05, 3.63) is 28.6 Å². The summed E-state index contributed by atoms with van der Waals surface area (Å²) in [7, 11) is 3.57. The molecule has 0 saturated heterocycles. The van der Waals surface area contributed by atoms with Gasteiger partial charge in [-0.05, 0) is 18.0 Å². The smallest absolute Gasteiger partial charge is 0.236 e. The molecule has 0 saturated carbocycles. The molecule has 20 heavy (non-hydrogen) atoms. The third-order valence-electron chi connectivity index (χ3n) is 2.97. The Kier molecular flexibility index (Phi) is 5.28. The number of likely N-dealkylation sites (N-methyl/N-ethyl adjacent to an activating group) is 2. The van der Waals surface area contributed by atoms with E-state index in [0.717, 1.165) is 23.8 Å². The summed E-state index contributed by atoms with van der Waals surface area (Å²) in [6, 6.07) is 4.12. The van der Waals surface area contributed by atoms with E-state index < -0.39 is 0 Å². The van der Waals surface area contributed by atoms with Crippen LogP contribution >= 0.6 is 22.7 Å². The fourth-order valence-electron chi connectivity index (χ4n) is 1.73. The molecule has 2 aromatic rings. The summed E-state index contributed by atoms with van der Waals surface area (Å²) in [6.45, 7) is 4.06. The zero-order valence-corrected chi connectivity index (χ0v) is 13.6. The molecule has 0 radical (unpaired) electrons. The predicted octanol–water partition coefficient (Wildman–Crippen LogP) is 2.78. The summed E-state index contributed by atoms with van der Waals surface area (Å²) in [5.74, 6) is 0.126. The molecule has 1 amide bonds. The lowest BCUT2D eigenvalue weighted by Crippen LogP contribution is -2.36. The van der Waals surface area contributed by atoms with Crippen molar-refractivity contribution >= 4 is 28.6 Å². The number of thiazole rings is 1. The van der Waals surface area contributed by atoms with Gasteiger partial charge in [-0.1, -0.05) is 13.0 Å². The van der Waals surface area contributed by atoms with Crippen molar-refractivity contribution in [3.63, 3.8) is 0 Å². The molecule has 0 unspecified atom stereocenters. The Hall–Kier alpha value is -1.24. The van der Waals surface area contributed by atoms with E-state index in [-0.39, 0.29) is 5.91 Å². The van der Waals surface area contributed by atoms with Crippen molar-refractivity contribution in [2.24, 2.45) is 0 Å². The molecule has 0 bridgehead atoms. The molecule has 6 heteroatoms. The number of hydrogen-bond donors (Lipinski definition) is 0. The van der Waals surface area contributed by atoms with Crippen LogP contribution in [0, 0.1) is 0 Å². The van der Waals surface area contributed by atoms with Gasteiger partial charge in [0, 0.05) is 26.0 Å². The van der Waals surface area contributed by atoms with Gasteiger partial charge in [-0.25, -0.2) is 4.98 Å². The fraction of sp³-hybridized carbons (Fsp3) is 0.429. The van der Waals surface area contributed by atoms with E-state index in [4.69, 9.17) is 0 Å². The Morgan fingerprint density at radius 2 is 2.15 bits per heavy atom. The Labute approximate surface area is 127 Å². The molecule has 0 aliphatic carbocycles. The average Bonchev–Trinajstić information content (AvgIpc) is 3.08. The second-order valence-corrected chi connectivity index (χ2v) is 6.52. The number of carbonyl (C=O) groups excluding carboxylic acids is 1. The SMILES string of the molecule is CCN(CC(=O)N(C)C)Cc1csc(-c2cccs2)n1. The lowest BCUT2D eigenvalue weighted by Gasteiger charge is -2.20. The molecular formula is C14H19N3OS2. The summed E-state index contributed by atoms with van der Waals surface area (Å²) in [5, 5.41) is 5.20. The number of nitrogens with zero attached hydrogens (tertiary/aromatic N) is 3. The van der Waals surface area contributed by atoms with Crippen LogP contribution in [0.3, 0.4) is 0 Å². The number of rotatable bonds is 6. The van der Waals surface area contributed by atoms with E-state index in [0.29, 0.717) is 6.54 Å². The lowest BCUT2D eigenvalue weighted by molar-refractivity contribution is -0.130. The van der Waals surface area contributed by atoms with E-state index in [1.807, 2.05) is 6.07 Å². The molecule has 0 N–H and O–H groups in total. The third kappa shape index (κ3) is 3.88. The molecule has 0 aliphatic rings. The minimum absolute atomic E-state index is 0.126. The van der Waals surface area contributed by atoms with Crippen molar-refractivity contribution < 1.29 is 4.79 Å². The Morgan fingerprint density at radius 3 is 2.75 bits per heavy atom. The zero-order valence-electron chi connectivity index (χ0n) is 12.0. The maximum absolute atomic E-state index is 11.8. The molecule has 4 nitrogen and oxygen atoms in total. The van der Waals surface area contributed by atoms with Gasteiger partial charge in [-0.3, -0.25) is 9.69 Å². The molecule has 0 spiro atoms. The molecule has 2 heterocycles. The van der Waals surface area contributed by atoms with Gasteiger partial charge in [-0.2, -0.15) is 0 Å². The first kappa shape index (κ1) is 15.2. The molecule has 2 rings (SSSR count). The summed E-state index contributed by atoms with van der Waals surface area (Å²) in [6.07, 6.45) is 0. The van der Waals surface area contributed by atoms with Crippen LogP contribution in [0.1, 0.15) is 12.6 Å². The van der Waals surface area contributed by atoms with Gasteiger partial charge in [-0.15, -0.1) is 22.7 Å². The van der Waals surface area contributed by atoms with Crippen LogP contribution in [-0.2, 0) is 11.3 Å².